The van der Waals surface area contributed by atoms with E-state index in [0.717, 1.165) is 39.2 Å². The van der Waals surface area contributed by atoms with Gasteiger partial charge in [-0.1, -0.05) is 48.5 Å². The molecule has 0 saturated carbocycles. The van der Waals surface area contributed by atoms with Crippen LogP contribution in [0.15, 0.2) is 89.5 Å². The number of anilines is 1. The third-order valence-corrected chi connectivity index (χ3v) is 8.33. The first-order chi connectivity index (χ1) is 21.8. The summed E-state index contributed by atoms with van der Waals surface area (Å²) in [4.78, 5) is 46.2. The monoisotopic (exact) mass is 603 g/mol. The number of Topliss-reactive ketones (excluding diaryl/α,β-unsaturated/α-hetero) is 1. The van der Waals surface area contributed by atoms with E-state index < -0.39 is 5.97 Å². The molecule has 1 aliphatic heterocycles. The fraction of sp³-hybridized carbons (Fsp3) is 0.222. The number of carboxylic acids is 1. The number of carbonyl (C=O) groups is 3. The Morgan fingerprint density at radius 1 is 0.911 bits per heavy atom. The molecule has 9 nitrogen and oxygen atoms in total. The lowest BCUT2D eigenvalue weighted by Crippen LogP contribution is -2.49. The number of rotatable bonds is 9. The number of benzene rings is 3. The van der Waals surface area contributed by atoms with Crippen LogP contribution in [-0.2, 0) is 17.6 Å². The summed E-state index contributed by atoms with van der Waals surface area (Å²) in [5, 5.41) is 10.3. The predicted octanol–water partition coefficient (Wildman–Crippen LogP) is 5.83. The highest BCUT2D eigenvalue weighted by Crippen LogP contribution is 2.34. The molecule has 2 aromatic heterocycles. The van der Waals surface area contributed by atoms with Gasteiger partial charge in [-0.15, -0.1) is 0 Å². The van der Waals surface area contributed by atoms with E-state index in [1.165, 1.54) is 6.07 Å². The van der Waals surface area contributed by atoms with Crippen LogP contribution in [0.25, 0.3) is 22.1 Å². The highest BCUT2D eigenvalue weighted by Gasteiger charge is 2.24. The van der Waals surface area contributed by atoms with E-state index in [2.05, 4.69) is 9.88 Å². The van der Waals surface area contributed by atoms with Crippen molar-refractivity contribution in [3.63, 3.8) is 0 Å². The minimum Gasteiger partial charge on any atom is -0.496 e. The first-order valence-electron chi connectivity index (χ1n) is 14.8. The number of ether oxygens (including phenoxy) is 1. The Morgan fingerprint density at radius 2 is 1.67 bits per heavy atom. The zero-order chi connectivity index (χ0) is 31.5. The normalized spacial score (nSPS) is 13.2. The Labute approximate surface area is 260 Å². The average Bonchev–Trinajstić information content (AvgIpc) is 3.40. The van der Waals surface area contributed by atoms with Gasteiger partial charge < -0.3 is 24.1 Å². The van der Waals surface area contributed by atoms with Crippen LogP contribution >= 0.6 is 0 Å². The lowest BCUT2D eigenvalue weighted by molar-refractivity contribution is -0.130. The summed E-state index contributed by atoms with van der Waals surface area (Å²) in [6.45, 7) is 4.14. The van der Waals surface area contributed by atoms with Crippen molar-refractivity contribution >= 4 is 34.4 Å². The number of furan rings is 1. The number of para-hydroxylation sites is 1. The molecule has 1 saturated heterocycles. The van der Waals surface area contributed by atoms with Gasteiger partial charge in [0, 0.05) is 55.3 Å². The molecular weight excluding hydrogens is 570 g/mol. The maximum Gasteiger partial charge on any atom is 0.335 e. The molecule has 0 spiro atoms. The van der Waals surface area contributed by atoms with Crippen molar-refractivity contribution in [1.29, 1.82) is 0 Å². The number of methoxy groups -OCH3 is 1. The van der Waals surface area contributed by atoms with E-state index >= 15 is 0 Å². The van der Waals surface area contributed by atoms with Crippen LogP contribution in [0.5, 0.6) is 5.75 Å². The Morgan fingerprint density at radius 3 is 2.40 bits per heavy atom. The minimum absolute atomic E-state index is 0.0527. The summed E-state index contributed by atoms with van der Waals surface area (Å²) >= 11 is 0. The van der Waals surface area contributed by atoms with Gasteiger partial charge in [0.25, 0.3) is 0 Å². The van der Waals surface area contributed by atoms with E-state index in [1.54, 1.807) is 36.4 Å². The maximum atomic E-state index is 13.3. The van der Waals surface area contributed by atoms with Crippen molar-refractivity contribution in [2.75, 3.05) is 38.2 Å². The number of hydrogen-bond acceptors (Lipinski definition) is 7. The molecule has 9 heteroatoms. The second-order valence-electron chi connectivity index (χ2n) is 11.1. The number of pyridine rings is 1. The number of piperazine rings is 1. The van der Waals surface area contributed by atoms with Gasteiger partial charge in [-0.25, -0.2) is 9.78 Å². The molecule has 228 valence electrons. The molecule has 0 unspecified atom stereocenters. The molecule has 0 radical (unpaired) electrons. The van der Waals surface area contributed by atoms with Crippen molar-refractivity contribution in [2.24, 2.45) is 0 Å². The standard InChI is InChI=1S/C36H33N3O6/c1-23-29-20-26(27-8-5-6-10-31(27)44-2)12-13-32(29)45-35(23)30(40)19-24-11-14-33(37-22-24)38-15-17-39(18-16-38)34(41)21-25-7-3-4-9-28(25)36(42)43/h3-14,20,22H,15-19,21H2,1-2H3,(H,42,43). The molecular formula is C36H33N3O6. The number of carbonyl (C=O) groups excluding carboxylic acids is 2. The number of aromatic carboxylic acids is 1. The molecule has 3 aromatic carbocycles. The van der Waals surface area contributed by atoms with Crippen molar-refractivity contribution in [3.05, 3.63) is 113 Å². The molecule has 1 fully saturated rings. The maximum absolute atomic E-state index is 13.3. The molecule has 1 N–H and O–H groups in total. The Bertz CT molecular complexity index is 1890. The quantitative estimate of drug-likeness (QED) is 0.210. The highest BCUT2D eigenvalue weighted by atomic mass is 16.5. The number of aryl methyl sites for hydroxylation is 1. The fourth-order valence-corrected chi connectivity index (χ4v) is 5.85. The summed E-state index contributed by atoms with van der Waals surface area (Å²) < 4.78 is 11.5. The van der Waals surface area contributed by atoms with Gasteiger partial charge in [0.15, 0.2) is 5.76 Å². The molecule has 1 aliphatic rings. The van der Waals surface area contributed by atoms with Gasteiger partial charge in [-0.3, -0.25) is 9.59 Å². The van der Waals surface area contributed by atoms with E-state index in [0.29, 0.717) is 43.1 Å². The molecule has 45 heavy (non-hydrogen) atoms. The largest absolute Gasteiger partial charge is 0.496 e. The van der Waals surface area contributed by atoms with Crippen LogP contribution in [0.2, 0.25) is 0 Å². The minimum atomic E-state index is -1.04. The van der Waals surface area contributed by atoms with E-state index in [4.69, 9.17) is 9.15 Å². The summed E-state index contributed by atoms with van der Waals surface area (Å²) in [5.74, 6) is 0.651. The number of ketones is 1. The smallest absolute Gasteiger partial charge is 0.335 e. The molecule has 1 amide bonds. The summed E-state index contributed by atoms with van der Waals surface area (Å²) in [7, 11) is 1.65. The van der Waals surface area contributed by atoms with Crippen molar-refractivity contribution in [3.8, 4) is 16.9 Å². The first-order valence-corrected chi connectivity index (χ1v) is 14.8. The second kappa shape index (κ2) is 12.7. The van der Waals surface area contributed by atoms with Gasteiger partial charge in [0.05, 0.1) is 19.1 Å². The molecule has 0 bridgehead atoms. The van der Waals surface area contributed by atoms with Crippen LogP contribution in [-0.4, -0.2) is 65.9 Å². The number of nitrogens with zero attached hydrogens (tertiary/aromatic N) is 3. The fourth-order valence-electron chi connectivity index (χ4n) is 5.85. The van der Waals surface area contributed by atoms with Gasteiger partial charge in [-0.2, -0.15) is 0 Å². The number of fused-ring (bicyclic) bond motifs is 1. The number of aromatic nitrogens is 1. The lowest BCUT2D eigenvalue weighted by Gasteiger charge is -2.35. The average molecular weight is 604 g/mol. The number of hydrogen-bond donors (Lipinski definition) is 1. The van der Waals surface area contributed by atoms with Crippen molar-refractivity contribution in [2.45, 2.75) is 19.8 Å². The van der Waals surface area contributed by atoms with Crippen molar-refractivity contribution in [1.82, 2.24) is 9.88 Å². The van der Waals surface area contributed by atoms with Crippen LogP contribution < -0.4 is 9.64 Å². The van der Waals surface area contributed by atoms with Crippen molar-refractivity contribution < 1.29 is 28.6 Å². The molecule has 6 rings (SSSR count). The van der Waals surface area contributed by atoms with Crippen LogP contribution in [0.4, 0.5) is 5.82 Å². The Hall–Kier alpha value is -5.44. The third kappa shape index (κ3) is 6.15. The summed E-state index contributed by atoms with van der Waals surface area (Å²) in [5.41, 5.74) is 4.86. The summed E-state index contributed by atoms with van der Waals surface area (Å²) in [6, 6.07) is 24.1. The Balaban J connectivity index is 1.08. The topological polar surface area (TPSA) is 113 Å². The van der Waals surface area contributed by atoms with E-state index in [1.807, 2.05) is 61.5 Å². The lowest BCUT2D eigenvalue weighted by atomic mass is 10.0. The number of carboxylic acid groups (broad SMARTS) is 1. The first kappa shape index (κ1) is 29.6. The zero-order valence-corrected chi connectivity index (χ0v) is 25.2. The van der Waals surface area contributed by atoms with Crippen LogP contribution in [0, 0.1) is 6.92 Å². The molecule has 3 heterocycles. The summed E-state index contributed by atoms with van der Waals surface area (Å²) in [6.07, 6.45) is 1.93. The van der Waals surface area contributed by atoms with E-state index in [-0.39, 0.29) is 30.1 Å². The number of amides is 1. The third-order valence-electron chi connectivity index (χ3n) is 8.33. The van der Waals surface area contributed by atoms with Crippen LogP contribution in [0.3, 0.4) is 0 Å². The highest BCUT2D eigenvalue weighted by molar-refractivity contribution is 6.02. The molecule has 5 aromatic rings. The van der Waals surface area contributed by atoms with Crippen LogP contribution in [0.1, 0.15) is 37.6 Å². The van der Waals surface area contributed by atoms with Gasteiger partial charge in [0.1, 0.15) is 17.2 Å². The Kier molecular flexibility index (Phi) is 8.33. The second-order valence-corrected chi connectivity index (χ2v) is 11.1. The van der Waals surface area contributed by atoms with Gasteiger partial charge in [0.2, 0.25) is 11.7 Å². The molecule has 0 atom stereocenters. The molecule has 0 aliphatic carbocycles. The van der Waals surface area contributed by atoms with E-state index in [9.17, 15) is 19.5 Å². The predicted molar refractivity (Wildman–Crippen MR) is 171 cm³/mol. The SMILES string of the molecule is COc1ccccc1-c1ccc2oc(C(=O)Cc3ccc(N4CCN(C(=O)Cc5ccccc5C(=O)O)CC4)nc3)c(C)c2c1. The van der Waals surface area contributed by atoms with Gasteiger partial charge >= 0.3 is 5.97 Å². The van der Waals surface area contributed by atoms with Gasteiger partial charge in [-0.05, 0) is 53.9 Å². The zero-order valence-electron chi connectivity index (χ0n) is 25.2.